The molecule has 0 aliphatic heterocycles. The van der Waals surface area contributed by atoms with Crippen LogP contribution >= 0.6 is 23.2 Å². The molecule has 2 rings (SSSR count). The van der Waals surface area contributed by atoms with Crippen molar-refractivity contribution in [2.45, 2.75) is 4.90 Å². The summed E-state index contributed by atoms with van der Waals surface area (Å²) in [5, 5.41) is 0.498. The quantitative estimate of drug-likeness (QED) is 0.853. The molecular weight excluding hydrogens is 307 g/mol. The second-order valence-electron chi connectivity index (χ2n) is 3.81. The van der Waals surface area contributed by atoms with Crippen LogP contribution < -0.4 is 10.5 Å². The summed E-state index contributed by atoms with van der Waals surface area (Å²) in [7, 11) is -3.77. The number of sulfonamides is 1. The van der Waals surface area contributed by atoms with Gasteiger partial charge in [-0.25, -0.2) is 8.42 Å². The van der Waals surface area contributed by atoms with Gasteiger partial charge in [0.15, 0.2) is 0 Å². The zero-order valence-electron chi connectivity index (χ0n) is 9.60. The van der Waals surface area contributed by atoms with Crippen molar-refractivity contribution in [3.63, 3.8) is 0 Å². The molecule has 0 bridgehead atoms. The van der Waals surface area contributed by atoms with Crippen LogP contribution in [0.1, 0.15) is 0 Å². The van der Waals surface area contributed by atoms with Crippen LogP contribution in [0.15, 0.2) is 47.4 Å². The van der Waals surface area contributed by atoms with Crippen LogP contribution in [0.5, 0.6) is 0 Å². The highest BCUT2D eigenvalue weighted by atomic mass is 35.5. The minimum atomic E-state index is -3.77. The number of nitrogen functional groups attached to an aromatic ring is 1. The molecule has 4 nitrogen and oxygen atoms in total. The molecule has 0 fully saturated rings. The Morgan fingerprint density at radius 1 is 1.05 bits per heavy atom. The standard InChI is InChI=1S/C12H10Cl2N2O2S/c13-8-2-1-3-10(6-8)16-19(17,18)12-5-4-9(15)7-11(12)14/h1-7,16H,15H2. The Labute approximate surface area is 121 Å². The first-order chi connectivity index (χ1) is 8.88. The molecule has 100 valence electrons. The molecule has 0 aliphatic rings. The number of hydrogen-bond acceptors (Lipinski definition) is 3. The molecule has 2 aromatic carbocycles. The summed E-state index contributed by atoms with van der Waals surface area (Å²) in [4.78, 5) is -0.0386. The number of rotatable bonds is 3. The molecular formula is C12H10Cl2N2O2S. The van der Waals surface area contributed by atoms with E-state index in [2.05, 4.69) is 4.72 Å². The first-order valence-electron chi connectivity index (χ1n) is 5.22. The lowest BCUT2D eigenvalue weighted by molar-refractivity contribution is 0.601. The highest BCUT2D eigenvalue weighted by molar-refractivity contribution is 7.92. The van der Waals surface area contributed by atoms with Crippen LogP contribution in [0.3, 0.4) is 0 Å². The maximum absolute atomic E-state index is 12.2. The highest BCUT2D eigenvalue weighted by Gasteiger charge is 2.18. The van der Waals surface area contributed by atoms with Gasteiger partial charge in [-0.3, -0.25) is 4.72 Å². The van der Waals surface area contributed by atoms with Gasteiger partial charge < -0.3 is 5.73 Å². The maximum Gasteiger partial charge on any atom is 0.263 e. The largest absolute Gasteiger partial charge is 0.399 e. The van der Waals surface area contributed by atoms with E-state index >= 15 is 0 Å². The first kappa shape index (κ1) is 14.0. The fourth-order valence-electron chi connectivity index (χ4n) is 1.50. The van der Waals surface area contributed by atoms with Gasteiger partial charge in [-0.1, -0.05) is 29.3 Å². The SMILES string of the molecule is Nc1ccc(S(=O)(=O)Nc2cccc(Cl)c2)c(Cl)c1. The van der Waals surface area contributed by atoms with E-state index in [1.807, 2.05) is 0 Å². The molecule has 3 N–H and O–H groups in total. The van der Waals surface area contributed by atoms with Gasteiger partial charge >= 0.3 is 0 Å². The van der Waals surface area contributed by atoms with E-state index in [-0.39, 0.29) is 9.92 Å². The van der Waals surface area contributed by atoms with Gasteiger partial charge in [0.05, 0.1) is 10.7 Å². The van der Waals surface area contributed by atoms with Crippen LogP contribution in [-0.4, -0.2) is 8.42 Å². The van der Waals surface area contributed by atoms with E-state index in [9.17, 15) is 8.42 Å². The molecule has 19 heavy (non-hydrogen) atoms. The Kier molecular flexibility index (Phi) is 3.89. The van der Waals surface area contributed by atoms with Crippen LogP contribution in [0.4, 0.5) is 11.4 Å². The molecule has 2 aromatic rings. The molecule has 0 spiro atoms. The van der Waals surface area contributed by atoms with E-state index in [4.69, 9.17) is 28.9 Å². The van der Waals surface area contributed by atoms with Gasteiger partial charge in [0.25, 0.3) is 10.0 Å². The number of hydrogen-bond donors (Lipinski definition) is 2. The van der Waals surface area contributed by atoms with E-state index in [0.717, 1.165) is 0 Å². The fraction of sp³-hybridized carbons (Fsp3) is 0. The number of nitrogens with two attached hydrogens (primary N) is 1. The number of nitrogens with one attached hydrogen (secondary N) is 1. The lowest BCUT2D eigenvalue weighted by Gasteiger charge is -2.10. The van der Waals surface area contributed by atoms with Crippen molar-refractivity contribution in [2.75, 3.05) is 10.5 Å². The summed E-state index contributed by atoms with van der Waals surface area (Å²) in [6.45, 7) is 0. The minimum Gasteiger partial charge on any atom is -0.399 e. The second kappa shape index (κ2) is 5.28. The summed E-state index contributed by atoms with van der Waals surface area (Å²) >= 11 is 11.7. The van der Waals surface area contributed by atoms with Crippen molar-refractivity contribution >= 4 is 44.6 Å². The Hall–Kier alpha value is -1.43. The van der Waals surface area contributed by atoms with Gasteiger partial charge in [0.1, 0.15) is 4.90 Å². The Balaban J connectivity index is 2.38. The molecule has 0 aliphatic carbocycles. The molecule has 0 heterocycles. The lowest BCUT2D eigenvalue weighted by atomic mass is 10.3. The van der Waals surface area contributed by atoms with Gasteiger partial charge in [-0.05, 0) is 36.4 Å². The number of anilines is 2. The van der Waals surface area contributed by atoms with E-state index in [1.165, 1.54) is 24.3 Å². The average Bonchev–Trinajstić information content (AvgIpc) is 2.27. The Bertz CT molecular complexity index is 717. The van der Waals surface area contributed by atoms with Crippen LogP contribution in [0.2, 0.25) is 10.0 Å². The third kappa shape index (κ3) is 3.32. The average molecular weight is 317 g/mol. The first-order valence-corrected chi connectivity index (χ1v) is 7.46. The monoisotopic (exact) mass is 316 g/mol. The molecule has 0 saturated carbocycles. The molecule has 0 saturated heterocycles. The third-order valence-corrected chi connectivity index (χ3v) is 4.42. The van der Waals surface area contributed by atoms with Crippen LogP contribution in [-0.2, 0) is 10.0 Å². The molecule has 7 heteroatoms. The van der Waals surface area contributed by atoms with Crippen molar-refractivity contribution in [1.82, 2.24) is 0 Å². The van der Waals surface area contributed by atoms with Crippen molar-refractivity contribution in [2.24, 2.45) is 0 Å². The van der Waals surface area contributed by atoms with Crippen LogP contribution in [0.25, 0.3) is 0 Å². The van der Waals surface area contributed by atoms with E-state index in [0.29, 0.717) is 16.4 Å². The zero-order valence-corrected chi connectivity index (χ0v) is 11.9. The Morgan fingerprint density at radius 3 is 2.42 bits per heavy atom. The number of benzene rings is 2. The minimum absolute atomic E-state index is 0.0386. The molecule has 0 unspecified atom stereocenters. The van der Waals surface area contributed by atoms with Gasteiger partial charge in [0.2, 0.25) is 0 Å². The van der Waals surface area contributed by atoms with Gasteiger partial charge in [0, 0.05) is 10.7 Å². The molecule has 0 radical (unpaired) electrons. The van der Waals surface area contributed by atoms with Crippen LogP contribution in [0, 0.1) is 0 Å². The summed E-state index contributed by atoms with van der Waals surface area (Å²) in [5.41, 5.74) is 6.28. The fourth-order valence-corrected chi connectivity index (χ4v) is 3.29. The van der Waals surface area contributed by atoms with Gasteiger partial charge in [-0.15, -0.1) is 0 Å². The second-order valence-corrected chi connectivity index (χ2v) is 6.30. The molecule has 0 aromatic heterocycles. The Morgan fingerprint density at radius 2 is 1.79 bits per heavy atom. The van der Waals surface area contributed by atoms with Gasteiger partial charge in [-0.2, -0.15) is 0 Å². The van der Waals surface area contributed by atoms with E-state index < -0.39 is 10.0 Å². The van der Waals surface area contributed by atoms with E-state index in [1.54, 1.807) is 18.2 Å². The van der Waals surface area contributed by atoms with Crippen molar-refractivity contribution < 1.29 is 8.42 Å². The summed E-state index contributed by atoms with van der Waals surface area (Å²) in [6.07, 6.45) is 0. The smallest absolute Gasteiger partial charge is 0.263 e. The highest BCUT2D eigenvalue weighted by Crippen LogP contribution is 2.26. The number of halogens is 2. The predicted molar refractivity (Wildman–Crippen MR) is 78.1 cm³/mol. The summed E-state index contributed by atoms with van der Waals surface area (Å²) in [6, 6.07) is 10.6. The summed E-state index contributed by atoms with van der Waals surface area (Å²) in [5.74, 6) is 0. The lowest BCUT2D eigenvalue weighted by Crippen LogP contribution is -2.13. The zero-order chi connectivity index (χ0) is 14.0. The molecule has 0 atom stereocenters. The van der Waals surface area contributed by atoms with Crippen molar-refractivity contribution in [1.29, 1.82) is 0 Å². The van der Waals surface area contributed by atoms with Crippen molar-refractivity contribution in [3.8, 4) is 0 Å². The molecule has 0 amide bonds. The predicted octanol–water partition coefficient (Wildman–Crippen LogP) is 3.38. The van der Waals surface area contributed by atoms with Crippen molar-refractivity contribution in [3.05, 3.63) is 52.5 Å². The third-order valence-electron chi connectivity index (χ3n) is 2.32. The maximum atomic E-state index is 12.2. The summed E-state index contributed by atoms with van der Waals surface area (Å²) < 4.78 is 26.7. The normalized spacial score (nSPS) is 11.3. The topological polar surface area (TPSA) is 72.2 Å².